The van der Waals surface area contributed by atoms with Gasteiger partial charge in [-0.25, -0.2) is 4.79 Å². The van der Waals surface area contributed by atoms with E-state index < -0.39 is 10.9 Å². The smallest absolute Gasteiger partial charge is 0.336 e. The summed E-state index contributed by atoms with van der Waals surface area (Å²) in [6.07, 6.45) is 0. The van der Waals surface area contributed by atoms with Crippen molar-refractivity contribution in [2.24, 2.45) is 0 Å². The quantitative estimate of drug-likeness (QED) is 0.616. The Hall–Kier alpha value is -2.16. The van der Waals surface area contributed by atoms with E-state index in [9.17, 15) is 20.0 Å². The van der Waals surface area contributed by atoms with Gasteiger partial charge in [0.1, 0.15) is 5.75 Å². The van der Waals surface area contributed by atoms with E-state index in [1.165, 1.54) is 13.2 Å². The van der Waals surface area contributed by atoms with E-state index in [-0.39, 0.29) is 34.1 Å². The van der Waals surface area contributed by atoms with Crippen LogP contribution in [0, 0.1) is 10.1 Å². The number of benzene rings is 1. The highest BCUT2D eigenvalue weighted by Crippen LogP contribution is 2.43. The molecule has 24 heavy (non-hydrogen) atoms. The van der Waals surface area contributed by atoms with Crippen LogP contribution in [0.25, 0.3) is 11.1 Å². The highest BCUT2D eigenvalue weighted by molar-refractivity contribution is 7.15. The minimum atomic E-state index is -1.16. The molecule has 0 unspecified atom stereocenters. The maximum absolute atomic E-state index is 11.5. The maximum atomic E-state index is 11.5. The first-order chi connectivity index (χ1) is 10.8. The predicted molar refractivity (Wildman–Crippen MR) is 94.6 cm³/mol. The van der Waals surface area contributed by atoms with Gasteiger partial charge in [0.2, 0.25) is 0 Å². The summed E-state index contributed by atoms with van der Waals surface area (Å²) in [6, 6.07) is 6.21. The molecule has 0 bridgehead atoms. The van der Waals surface area contributed by atoms with Crippen molar-refractivity contribution in [3.63, 3.8) is 0 Å². The van der Waals surface area contributed by atoms with Crippen LogP contribution in [-0.4, -0.2) is 42.1 Å². The summed E-state index contributed by atoms with van der Waals surface area (Å²) < 4.78 is 5.22. The summed E-state index contributed by atoms with van der Waals surface area (Å²) in [7, 11) is 5.12. The molecule has 1 N–H and O–H groups in total. The molecule has 0 amide bonds. The van der Waals surface area contributed by atoms with Crippen molar-refractivity contribution in [1.29, 1.82) is 0 Å². The molecule has 1 heterocycles. The van der Waals surface area contributed by atoms with Crippen LogP contribution < -0.4 is 4.74 Å². The minimum Gasteiger partial charge on any atom is -0.496 e. The Balaban J connectivity index is 0.00000288. The lowest BCUT2D eigenvalue weighted by molar-refractivity contribution is -0.379. The van der Waals surface area contributed by atoms with Crippen LogP contribution in [0.5, 0.6) is 5.75 Å². The van der Waals surface area contributed by atoms with Gasteiger partial charge in [-0.15, -0.1) is 12.4 Å². The number of hydrogen-bond acceptors (Lipinski definition) is 6. The average Bonchev–Trinajstić information content (AvgIpc) is 2.89. The third-order valence-corrected chi connectivity index (χ3v) is 4.22. The number of carbonyl (C=O) groups is 1. The zero-order valence-corrected chi connectivity index (χ0v) is 14.9. The van der Waals surface area contributed by atoms with Gasteiger partial charge in [-0.2, -0.15) is 0 Å². The van der Waals surface area contributed by atoms with Crippen molar-refractivity contribution >= 4 is 34.7 Å². The molecule has 0 aliphatic carbocycles. The standard InChI is InChI=1S/C15H16N2O5S.ClH/c1-16(2)8-9-7-11(14(23-9)17(20)21)13-10(15(18)19)5-4-6-12(13)22-3;/h4-7H,8H2,1-3H3,(H,18,19);1H. The lowest BCUT2D eigenvalue weighted by Crippen LogP contribution is -2.09. The van der Waals surface area contributed by atoms with Gasteiger partial charge in [0, 0.05) is 17.0 Å². The topological polar surface area (TPSA) is 92.9 Å². The molecule has 7 nitrogen and oxygen atoms in total. The molecule has 0 saturated carbocycles. The van der Waals surface area contributed by atoms with Crippen LogP contribution in [0.1, 0.15) is 15.2 Å². The molecule has 0 atom stereocenters. The van der Waals surface area contributed by atoms with Crippen LogP contribution in [0.3, 0.4) is 0 Å². The van der Waals surface area contributed by atoms with Crippen LogP contribution in [0.4, 0.5) is 5.00 Å². The van der Waals surface area contributed by atoms with E-state index >= 15 is 0 Å². The molecule has 0 aliphatic heterocycles. The monoisotopic (exact) mass is 372 g/mol. The van der Waals surface area contributed by atoms with Crippen molar-refractivity contribution in [2.45, 2.75) is 6.54 Å². The highest BCUT2D eigenvalue weighted by atomic mass is 35.5. The van der Waals surface area contributed by atoms with Crippen molar-refractivity contribution < 1.29 is 19.6 Å². The Morgan fingerprint density at radius 2 is 2.08 bits per heavy atom. The van der Waals surface area contributed by atoms with Crippen LogP contribution >= 0.6 is 23.7 Å². The van der Waals surface area contributed by atoms with Gasteiger partial charge in [0.05, 0.1) is 23.2 Å². The summed E-state index contributed by atoms with van der Waals surface area (Å²) in [4.78, 5) is 25.1. The molecule has 2 rings (SSSR count). The molecule has 2 aromatic rings. The third kappa shape index (κ3) is 4.02. The predicted octanol–water partition coefficient (Wildman–Crippen LogP) is 3.51. The van der Waals surface area contributed by atoms with Gasteiger partial charge in [0.25, 0.3) is 0 Å². The summed E-state index contributed by atoms with van der Waals surface area (Å²) in [5.74, 6) is -0.865. The van der Waals surface area contributed by atoms with E-state index in [0.717, 1.165) is 16.2 Å². The maximum Gasteiger partial charge on any atom is 0.336 e. The zero-order chi connectivity index (χ0) is 17.1. The first-order valence-corrected chi connectivity index (χ1v) is 7.49. The molecule has 0 fully saturated rings. The van der Waals surface area contributed by atoms with Crippen LogP contribution in [0.2, 0.25) is 0 Å². The molecule has 1 aromatic carbocycles. The number of carboxylic acids is 1. The van der Waals surface area contributed by atoms with E-state index in [1.807, 2.05) is 19.0 Å². The lowest BCUT2D eigenvalue weighted by atomic mass is 10.00. The number of thiophene rings is 1. The number of methoxy groups -OCH3 is 1. The number of rotatable bonds is 6. The molecule has 9 heteroatoms. The summed E-state index contributed by atoms with van der Waals surface area (Å²) in [5.41, 5.74) is 0.476. The number of nitrogens with zero attached hydrogens (tertiary/aromatic N) is 2. The highest BCUT2D eigenvalue weighted by Gasteiger charge is 2.27. The normalized spacial score (nSPS) is 10.3. The van der Waals surface area contributed by atoms with Crippen LogP contribution in [0.15, 0.2) is 24.3 Å². The molecule has 0 aliphatic rings. The van der Waals surface area contributed by atoms with Gasteiger partial charge >= 0.3 is 11.0 Å². The van der Waals surface area contributed by atoms with Crippen LogP contribution in [-0.2, 0) is 6.54 Å². The van der Waals surface area contributed by atoms with E-state index in [4.69, 9.17) is 4.74 Å². The van der Waals surface area contributed by atoms with Gasteiger partial charge < -0.3 is 14.7 Å². The summed E-state index contributed by atoms with van der Waals surface area (Å²) in [5, 5.41) is 20.7. The van der Waals surface area contributed by atoms with Gasteiger partial charge in [-0.3, -0.25) is 10.1 Å². The molecule has 130 valence electrons. The number of ether oxygens (including phenoxy) is 1. The molecular formula is C15H17ClN2O5S. The van der Waals surface area contributed by atoms with E-state index in [0.29, 0.717) is 12.3 Å². The Morgan fingerprint density at radius 1 is 1.42 bits per heavy atom. The average molecular weight is 373 g/mol. The Morgan fingerprint density at radius 3 is 2.58 bits per heavy atom. The second-order valence-corrected chi connectivity index (χ2v) is 6.23. The second-order valence-electron chi connectivity index (χ2n) is 5.11. The molecule has 0 radical (unpaired) electrons. The molecular weight excluding hydrogens is 356 g/mol. The second kappa shape index (κ2) is 8.09. The Bertz CT molecular complexity index is 760. The number of carboxylic acid groups (broad SMARTS) is 1. The van der Waals surface area contributed by atoms with E-state index in [2.05, 4.69) is 0 Å². The minimum absolute atomic E-state index is 0. The summed E-state index contributed by atoms with van der Waals surface area (Å²) in [6.45, 7) is 0.531. The Kier molecular flexibility index (Phi) is 6.70. The third-order valence-electron chi connectivity index (χ3n) is 3.15. The number of halogens is 1. The van der Waals surface area contributed by atoms with E-state index in [1.54, 1.807) is 18.2 Å². The zero-order valence-electron chi connectivity index (χ0n) is 13.3. The summed E-state index contributed by atoms with van der Waals surface area (Å²) >= 11 is 1.04. The van der Waals surface area contributed by atoms with Gasteiger partial charge in [0.15, 0.2) is 0 Å². The van der Waals surface area contributed by atoms with Gasteiger partial charge in [-0.1, -0.05) is 17.4 Å². The Labute approximate surface area is 149 Å². The van der Waals surface area contributed by atoms with Gasteiger partial charge in [-0.05, 0) is 32.3 Å². The largest absolute Gasteiger partial charge is 0.496 e. The molecule has 0 spiro atoms. The SMILES string of the molecule is COc1cccc(C(=O)O)c1-c1cc(CN(C)C)sc1[N+](=O)[O-].Cl. The fraction of sp³-hybridized carbons (Fsp3) is 0.267. The number of nitro groups is 1. The first kappa shape index (κ1) is 19.9. The van der Waals surface area contributed by atoms with Crippen molar-refractivity contribution in [2.75, 3.05) is 21.2 Å². The number of hydrogen-bond donors (Lipinski definition) is 1. The lowest BCUT2D eigenvalue weighted by Gasteiger charge is -2.10. The first-order valence-electron chi connectivity index (χ1n) is 6.67. The van der Waals surface area contributed by atoms with Crippen molar-refractivity contribution in [3.8, 4) is 16.9 Å². The number of aromatic carboxylic acids is 1. The molecule has 1 aromatic heterocycles. The van der Waals surface area contributed by atoms with Crippen molar-refractivity contribution in [3.05, 3.63) is 44.8 Å². The molecule has 0 saturated heterocycles. The fourth-order valence-electron chi connectivity index (χ4n) is 2.29. The van der Waals surface area contributed by atoms with Crippen molar-refractivity contribution in [1.82, 2.24) is 4.90 Å². The fourth-order valence-corrected chi connectivity index (χ4v) is 3.39.